The fourth-order valence-electron chi connectivity index (χ4n) is 1.66. The SMILES string of the molecule is CCc1cnc(OC/C(=C/Nc2ccc(C)cc2)N=N)nc1. The molecule has 0 unspecified atom stereocenters. The highest BCUT2D eigenvalue weighted by Crippen LogP contribution is 2.10. The van der Waals surface area contributed by atoms with E-state index in [0.717, 1.165) is 17.7 Å². The molecule has 22 heavy (non-hydrogen) atoms. The van der Waals surface area contributed by atoms with E-state index in [9.17, 15) is 0 Å². The van der Waals surface area contributed by atoms with E-state index in [2.05, 4.69) is 20.4 Å². The van der Waals surface area contributed by atoms with Gasteiger partial charge in [0.25, 0.3) is 0 Å². The number of aromatic nitrogens is 2. The van der Waals surface area contributed by atoms with Gasteiger partial charge in [-0.05, 0) is 31.0 Å². The molecule has 1 aromatic carbocycles. The predicted molar refractivity (Wildman–Crippen MR) is 84.9 cm³/mol. The van der Waals surface area contributed by atoms with Crippen molar-refractivity contribution in [1.82, 2.24) is 9.97 Å². The van der Waals surface area contributed by atoms with E-state index in [4.69, 9.17) is 10.3 Å². The summed E-state index contributed by atoms with van der Waals surface area (Å²) < 4.78 is 5.42. The van der Waals surface area contributed by atoms with Crippen LogP contribution in [0.25, 0.3) is 0 Å². The molecule has 0 aliphatic rings. The van der Waals surface area contributed by atoms with E-state index in [-0.39, 0.29) is 12.6 Å². The molecule has 114 valence electrons. The number of anilines is 1. The molecule has 1 heterocycles. The summed E-state index contributed by atoms with van der Waals surface area (Å²) in [6.45, 7) is 4.20. The van der Waals surface area contributed by atoms with Crippen LogP contribution in [0.3, 0.4) is 0 Å². The molecule has 0 saturated carbocycles. The molecule has 0 spiro atoms. The first-order chi connectivity index (χ1) is 10.7. The van der Waals surface area contributed by atoms with Gasteiger partial charge in [0.1, 0.15) is 12.3 Å². The molecule has 2 aromatic rings. The van der Waals surface area contributed by atoms with Crippen LogP contribution in [0, 0.1) is 12.5 Å². The van der Waals surface area contributed by atoms with Crippen LogP contribution in [0.2, 0.25) is 0 Å². The molecule has 0 atom stereocenters. The highest BCUT2D eigenvalue weighted by molar-refractivity contribution is 5.47. The molecular weight excluding hydrogens is 278 g/mol. The lowest BCUT2D eigenvalue weighted by atomic mass is 10.2. The molecule has 0 fully saturated rings. The van der Waals surface area contributed by atoms with Crippen LogP contribution in [0.1, 0.15) is 18.1 Å². The normalized spacial score (nSPS) is 11.1. The van der Waals surface area contributed by atoms with Gasteiger partial charge in [-0.25, -0.2) is 15.5 Å². The molecule has 0 amide bonds. The average molecular weight is 297 g/mol. The second-order valence-electron chi connectivity index (χ2n) is 4.77. The Morgan fingerprint density at radius 1 is 1.27 bits per heavy atom. The summed E-state index contributed by atoms with van der Waals surface area (Å²) in [4.78, 5) is 8.20. The average Bonchev–Trinajstić information content (AvgIpc) is 2.57. The van der Waals surface area contributed by atoms with E-state index in [1.165, 1.54) is 5.56 Å². The Hall–Kier alpha value is -2.76. The molecule has 2 rings (SSSR count). The van der Waals surface area contributed by atoms with Gasteiger partial charge in [0.2, 0.25) is 0 Å². The van der Waals surface area contributed by atoms with Crippen molar-refractivity contribution in [2.45, 2.75) is 20.3 Å². The van der Waals surface area contributed by atoms with Crippen molar-refractivity contribution in [3.63, 3.8) is 0 Å². The smallest absolute Gasteiger partial charge is 0.316 e. The van der Waals surface area contributed by atoms with Crippen LogP contribution in [0.15, 0.2) is 53.7 Å². The van der Waals surface area contributed by atoms with Crippen molar-refractivity contribution in [2.75, 3.05) is 11.9 Å². The highest BCUT2D eigenvalue weighted by atomic mass is 16.5. The molecule has 6 nitrogen and oxygen atoms in total. The van der Waals surface area contributed by atoms with Crippen molar-refractivity contribution in [3.05, 3.63) is 59.7 Å². The van der Waals surface area contributed by atoms with Gasteiger partial charge in [-0.3, -0.25) is 0 Å². The Balaban J connectivity index is 1.91. The highest BCUT2D eigenvalue weighted by Gasteiger charge is 2.01. The Morgan fingerprint density at radius 2 is 1.95 bits per heavy atom. The summed E-state index contributed by atoms with van der Waals surface area (Å²) in [6, 6.07) is 8.21. The number of ether oxygens (including phenoxy) is 1. The summed E-state index contributed by atoms with van der Waals surface area (Å²) in [5.74, 6) is 0. The molecule has 2 N–H and O–H groups in total. The summed E-state index contributed by atoms with van der Waals surface area (Å²) in [5.41, 5.74) is 10.8. The zero-order chi connectivity index (χ0) is 15.8. The van der Waals surface area contributed by atoms with Gasteiger partial charge < -0.3 is 10.1 Å². The van der Waals surface area contributed by atoms with Gasteiger partial charge in [-0.15, -0.1) is 0 Å². The molecular formula is C16H19N5O. The predicted octanol–water partition coefficient (Wildman–Crippen LogP) is 3.71. The van der Waals surface area contributed by atoms with Gasteiger partial charge in [0, 0.05) is 24.3 Å². The Morgan fingerprint density at radius 3 is 2.55 bits per heavy atom. The van der Waals surface area contributed by atoms with Crippen molar-refractivity contribution < 1.29 is 4.74 Å². The molecule has 0 aliphatic carbocycles. The van der Waals surface area contributed by atoms with Crippen LogP contribution in [0.4, 0.5) is 5.69 Å². The third-order valence-corrected chi connectivity index (χ3v) is 3.04. The number of nitrogens with one attached hydrogen (secondary N) is 2. The maximum absolute atomic E-state index is 7.19. The Bertz CT molecular complexity index is 635. The quantitative estimate of drug-likeness (QED) is 0.763. The minimum Gasteiger partial charge on any atom is -0.457 e. The topological polar surface area (TPSA) is 83.2 Å². The molecule has 0 radical (unpaired) electrons. The van der Waals surface area contributed by atoms with Gasteiger partial charge in [-0.2, -0.15) is 5.11 Å². The van der Waals surface area contributed by atoms with E-state index < -0.39 is 0 Å². The Kier molecular flexibility index (Phi) is 5.59. The number of rotatable bonds is 7. The van der Waals surface area contributed by atoms with E-state index in [1.54, 1.807) is 18.6 Å². The third kappa shape index (κ3) is 4.66. The van der Waals surface area contributed by atoms with Crippen molar-refractivity contribution in [2.24, 2.45) is 5.11 Å². The van der Waals surface area contributed by atoms with Gasteiger partial charge in [0.15, 0.2) is 0 Å². The number of hydrogen-bond acceptors (Lipinski definition) is 6. The maximum Gasteiger partial charge on any atom is 0.316 e. The second-order valence-corrected chi connectivity index (χ2v) is 4.77. The number of aryl methyl sites for hydroxylation is 2. The van der Waals surface area contributed by atoms with Crippen LogP contribution >= 0.6 is 0 Å². The van der Waals surface area contributed by atoms with Crippen molar-refractivity contribution >= 4 is 5.69 Å². The number of benzene rings is 1. The molecule has 0 aliphatic heterocycles. The monoisotopic (exact) mass is 297 g/mol. The first-order valence-corrected chi connectivity index (χ1v) is 7.04. The summed E-state index contributed by atoms with van der Waals surface area (Å²) >= 11 is 0. The zero-order valence-corrected chi connectivity index (χ0v) is 12.7. The van der Waals surface area contributed by atoms with E-state index in [1.807, 2.05) is 38.1 Å². The lowest BCUT2D eigenvalue weighted by Crippen LogP contribution is -2.04. The third-order valence-electron chi connectivity index (χ3n) is 3.04. The van der Waals surface area contributed by atoms with Crippen LogP contribution in [-0.2, 0) is 6.42 Å². The lowest BCUT2D eigenvalue weighted by molar-refractivity contribution is 0.320. The van der Waals surface area contributed by atoms with Gasteiger partial charge in [-0.1, -0.05) is 24.6 Å². The molecule has 0 saturated heterocycles. The number of nitrogens with zero attached hydrogens (tertiary/aromatic N) is 3. The van der Waals surface area contributed by atoms with Crippen molar-refractivity contribution in [1.29, 1.82) is 5.53 Å². The largest absolute Gasteiger partial charge is 0.457 e. The van der Waals surface area contributed by atoms with E-state index >= 15 is 0 Å². The minimum atomic E-state index is 0.133. The summed E-state index contributed by atoms with van der Waals surface area (Å²) in [7, 11) is 0. The van der Waals surface area contributed by atoms with Crippen LogP contribution in [0.5, 0.6) is 6.01 Å². The Labute approximate surface area is 129 Å². The fraction of sp³-hybridized carbons (Fsp3) is 0.250. The molecule has 6 heteroatoms. The number of hydrogen-bond donors (Lipinski definition) is 2. The molecule has 1 aromatic heterocycles. The van der Waals surface area contributed by atoms with Crippen LogP contribution in [-0.4, -0.2) is 16.6 Å². The van der Waals surface area contributed by atoms with Gasteiger partial charge in [0.05, 0.1) is 0 Å². The summed E-state index contributed by atoms with van der Waals surface area (Å²) in [5, 5.41) is 6.52. The standard InChI is InChI=1S/C16H19N5O/c1-3-13-8-19-16(20-9-13)22-11-15(21-17)10-18-14-6-4-12(2)5-7-14/h4-10,17-18H,3,11H2,1-2H3/b15-10-,21-17?. The van der Waals surface area contributed by atoms with Crippen molar-refractivity contribution in [3.8, 4) is 6.01 Å². The maximum atomic E-state index is 7.19. The first kappa shape index (κ1) is 15.6. The van der Waals surface area contributed by atoms with Crippen LogP contribution < -0.4 is 10.1 Å². The lowest BCUT2D eigenvalue weighted by Gasteiger charge is -2.06. The van der Waals surface area contributed by atoms with Gasteiger partial charge >= 0.3 is 6.01 Å². The second kappa shape index (κ2) is 7.87. The minimum absolute atomic E-state index is 0.133. The fourth-order valence-corrected chi connectivity index (χ4v) is 1.66. The molecule has 0 bridgehead atoms. The first-order valence-electron chi connectivity index (χ1n) is 7.04. The summed E-state index contributed by atoms with van der Waals surface area (Å²) in [6.07, 6.45) is 5.98. The zero-order valence-electron chi connectivity index (χ0n) is 12.7. The van der Waals surface area contributed by atoms with E-state index in [0.29, 0.717) is 5.70 Å².